The lowest BCUT2D eigenvalue weighted by Crippen LogP contribution is -2.28. The molecule has 4 nitrogen and oxygen atoms in total. The third kappa shape index (κ3) is 3.91. The van der Waals surface area contributed by atoms with Crippen molar-refractivity contribution in [2.75, 3.05) is 18.1 Å². The highest BCUT2D eigenvalue weighted by Gasteiger charge is 2.10. The summed E-state index contributed by atoms with van der Waals surface area (Å²) in [6.45, 7) is 3.07. The zero-order valence-corrected chi connectivity index (χ0v) is 11.5. The lowest BCUT2D eigenvalue weighted by Gasteiger charge is -2.22. The van der Waals surface area contributed by atoms with E-state index in [0.29, 0.717) is 24.1 Å². The van der Waals surface area contributed by atoms with E-state index in [-0.39, 0.29) is 6.61 Å². The third-order valence-electron chi connectivity index (χ3n) is 2.70. The van der Waals surface area contributed by atoms with Gasteiger partial charge in [0.1, 0.15) is 0 Å². The van der Waals surface area contributed by atoms with E-state index in [2.05, 4.69) is 9.97 Å². The molecule has 0 aliphatic carbocycles. The first kappa shape index (κ1) is 13.8. The molecule has 0 aliphatic heterocycles. The van der Waals surface area contributed by atoms with Gasteiger partial charge in [-0.1, -0.05) is 23.7 Å². The molecular formula is C14H16ClN3O. The van der Waals surface area contributed by atoms with Crippen LogP contribution in [0.1, 0.15) is 11.3 Å². The molecule has 1 aromatic heterocycles. The van der Waals surface area contributed by atoms with Gasteiger partial charge in [-0.05, 0) is 30.7 Å². The Labute approximate surface area is 117 Å². The molecule has 2 rings (SSSR count). The molecule has 1 aromatic carbocycles. The summed E-state index contributed by atoms with van der Waals surface area (Å²) in [6, 6.07) is 9.49. The second kappa shape index (κ2) is 6.50. The molecule has 0 spiro atoms. The molecular weight excluding hydrogens is 262 g/mol. The van der Waals surface area contributed by atoms with E-state index in [1.165, 1.54) is 0 Å². The van der Waals surface area contributed by atoms with Crippen molar-refractivity contribution in [1.82, 2.24) is 9.97 Å². The lowest BCUT2D eigenvalue weighted by molar-refractivity contribution is 0.300. The third-order valence-corrected chi connectivity index (χ3v) is 2.93. The Morgan fingerprint density at radius 2 is 2.16 bits per heavy atom. The maximum absolute atomic E-state index is 9.18. The van der Waals surface area contributed by atoms with Crippen LogP contribution < -0.4 is 4.90 Å². The van der Waals surface area contributed by atoms with Crippen LogP contribution in [0.3, 0.4) is 0 Å². The number of halogens is 1. The van der Waals surface area contributed by atoms with Gasteiger partial charge in [0.15, 0.2) is 0 Å². The Balaban J connectivity index is 2.21. The molecule has 1 heterocycles. The minimum atomic E-state index is 0.0534. The molecule has 5 heteroatoms. The maximum atomic E-state index is 9.18. The summed E-state index contributed by atoms with van der Waals surface area (Å²) in [5.41, 5.74) is 1.96. The SMILES string of the molecule is Cc1ccnc(N(CCO)Cc2cccc(Cl)c2)n1. The van der Waals surface area contributed by atoms with Crippen LogP contribution in [0.2, 0.25) is 5.02 Å². The van der Waals surface area contributed by atoms with E-state index >= 15 is 0 Å². The number of aliphatic hydroxyl groups excluding tert-OH is 1. The Morgan fingerprint density at radius 1 is 1.32 bits per heavy atom. The zero-order chi connectivity index (χ0) is 13.7. The first-order chi connectivity index (χ1) is 9.19. The topological polar surface area (TPSA) is 49.2 Å². The van der Waals surface area contributed by atoms with Crippen LogP contribution >= 0.6 is 11.6 Å². The molecule has 0 radical (unpaired) electrons. The van der Waals surface area contributed by atoms with Gasteiger partial charge in [0.05, 0.1) is 6.61 Å². The van der Waals surface area contributed by atoms with Crippen LogP contribution in [0.4, 0.5) is 5.95 Å². The van der Waals surface area contributed by atoms with Crippen LogP contribution in [0, 0.1) is 6.92 Å². The molecule has 0 saturated carbocycles. The van der Waals surface area contributed by atoms with Gasteiger partial charge < -0.3 is 10.0 Å². The predicted octanol–water partition coefficient (Wildman–Crippen LogP) is 2.44. The smallest absolute Gasteiger partial charge is 0.225 e. The molecule has 100 valence electrons. The average Bonchev–Trinajstić information content (AvgIpc) is 2.38. The Kier molecular flexibility index (Phi) is 4.71. The van der Waals surface area contributed by atoms with Crippen LogP contribution in [-0.2, 0) is 6.54 Å². The summed E-state index contributed by atoms with van der Waals surface area (Å²) in [7, 11) is 0. The predicted molar refractivity (Wildman–Crippen MR) is 76.4 cm³/mol. The number of aryl methyl sites for hydroxylation is 1. The summed E-state index contributed by atoms with van der Waals surface area (Å²) < 4.78 is 0. The summed E-state index contributed by atoms with van der Waals surface area (Å²) in [4.78, 5) is 10.6. The van der Waals surface area contributed by atoms with Crippen molar-refractivity contribution in [2.45, 2.75) is 13.5 Å². The molecule has 2 aromatic rings. The van der Waals surface area contributed by atoms with Crippen molar-refractivity contribution < 1.29 is 5.11 Å². The van der Waals surface area contributed by atoms with Crippen LogP contribution in [0.15, 0.2) is 36.5 Å². The Bertz CT molecular complexity index is 548. The van der Waals surface area contributed by atoms with Crippen LogP contribution in [0.5, 0.6) is 0 Å². The van der Waals surface area contributed by atoms with Gasteiger partial charge in [-0.2, -0.15) is 0 Å². The summed E-state index contributed by atoms with van der Waals surface area (Å²) in [6.07, 6.45) is 1.72. The Morgan fingerprint density at radius 3 is 2.84 bits per heavy atom. The first-order valence-electron chi connectivity index (χ1n) is 6.09. The monoisotopic (exact) mass is 277 g/mol. The molecule has 1 N–H and O–H groups in total. The van der Waals surface area contributed by atoms with E-state index in [1.807, 2.05) is 42.2 Å². The number of hydrogen-bond acceptors (Lipinski definition) is 4. The minimum Gasteiger partial charge on any atom is -0.395 e. The summed E-state index contributed by atoms with van der Waals surface area (Å²) >= 11 is 5.98. The van der Waals surface area contributed by atoms with Gasteiger partial charge in [0.2, 0.25) is 5.95 Å². The van der Waals surface area contributed by atoms with E-state index in [4.69, 9.17) is 11.6 Å². The molecule has 0 bridgehead atoms. The van der Waals surface area contributed by atoms with E-state index in [1.54, 1.807) is 6.20 Å². The summed E-state index contributed by atoms with van der Waals surface area (Å²) in [5.74, 6) is 0.619. The number of aliphatic hydroxyl groups is 1. The van der Waals surface area contributed by atoms with Crippen molar-refractivity contribution in [3.63, 3.8) is 0 Å². The van der Waals surface area contributed by atoms with Crippen molar-refractivity contribution in [2.24, 2.45) is 0 Å². The van der Waals surface area contributed by atoms with E-state index in [9.17, 15) is 5.11 Å². The van der Waals surface area contributed by atoms with Gasteiger partial charge in [0, 0.05) is 30.0 Å². The summed E-state index contributed by atoms with van der Waals surface area (Å²) in [5, 5.41) is 9.88. The van der Waals surface area contributed by atoms with Gasteiger partial charge in [-0.3, -0.25) is 0 Å². The van der Waals surface area contributed by atoms with Crippen LogP contribution in [0.25, 0.3) is 0 Å². The zero-order valence-electron chi connectivity index (χ0n) is 10.8. The fourth-order valence-electron chi connectivity index (χ4n) is 1.81. The average molecular weight is 278 g/mol. The highest BCUT2D eigenvalue weighted by molar-refractivity contribution is 6.30. The highest BCUT2D eigenvalue weighted by atomic mass is 35.5. The lowest BCUT2D eigenvalue weighted by atomic mass is 10.2. The highest BCUT2D eigenvalue weighted by Crippen LogP contribution is 2.15. The van der Waals surface area contributed by atoms with E-state index < -0.39 is 0 Å². The number of anilines is 1. The number of hydrogen-bond donors (Lipinski definition) is 1. The van der Waals surface area contributed by atoms with Gasteiger partial charge in [-0.25, -0.2) is 9.97 Å². The second-order valence-electron chi connectivity index (χ2n) is 4.27. The normalized spacial score (nSPS) is 10.5. The molecule has 0 amide bonds. The number of aromatic nitrogens is 2. The van der Waals surface area contributed by atoms with Gasteiger partial charge in [-0.15, -0.1) is 0 Å². The Hall–Kier alpha value is -1.65. The van der Waals surface area contributed by atoms with Gasteiger partial charge in [0.25, 0.3) is 0 Å². The first-order valence-corrected chi connectivity index (χ1v) is 6.47. The fourth-order valence-corrected chi connectivity index (χ4v) is 2.03. The largest absolute Gasteiger partial charge is 0.395 e. The molecule has 0 aliphatic rings. The second-order valence-corrected chi connectivity index (χ2v) is 4.71. The quantitative estimate of drug-likeness (QED) is 0.912. The minimum absolute atomic E-state index is 0.0534. The van der Waals surface area contributed by atoms with Crippen molar-refractivity contribution in [1.29, 1.82) is 0 Å². The molecule has 0 atom stereocenters. The molecule has 0 fully saturated rings. The maximum Gasteiger partial charge on any atom is 0.225 e. The van der Waals surface area contributed by atoms with Gasteiger partial charge >= 0.3 is 0 Å². The number of rotatable bonds is 5. The molecule has 0 unspecified atom stereocenters. The van der Waals surface area contributed by atoms with Crippen molar-refractivity contribution >= 4 is 17.5 Å². The molecule has 0 saturated heterocycles. The van der Waals surface area contributed by atoms with Crippen molar-refractivity contribution in [3.8, 4) is 0 Å². The standard InChI is InChI=1S/C14H16ClN3O/c1-11-5-6-16-14(17-11)18(7-8-19)10-12-3-2-4-13(15)9-12/h2-6,9,19H,7-8,10H2,1H3. The molecule has 19 heavy (non-hydrogen) atoms. The van der Waals surface area contributed by atoms with E-state index in [0.717, 1.165) is 11.3 Å². The van der Waals surface area contributed by atoms with Crippen molar-refractivity contribution in [3.05, 3.63) is 52.8 Å². The van der Waals surface area contributed by atoms with Crippen LogP contribution in [-0.4, -0.2) is 28.2 Å². The number of nitrogens with zero attached hydrogens (tertiary/aromatic N) is 3. The number of benzene rings is 1. The fraction of sp³-hybridized carbons (Fsp3) is 0.286.